The smallest absolute Gasteiger partial charge is 0.191 e. The lowest BCUT2D eigenvalue weighted by Crippen LogP contribution is -2.41. The summed E-state index contributed by atoms with van der Waals surface area (Å²) >= 11 is 0. The molecule has 1 rings (SSSR count). The van der Waals surface area contributed by atoms with E-state index in [2.05, 4.69) is 34.5 Å². The molecule has 0 saturated heterocycles. The Hall–Kier alpha value is -0.870. The molecule has 0 radical (unpaired) electrons. The zero-order chi connectivity index (χ0) is 18.7. The van der Waals surface area contributed by atoms with Crippen LogP contribution in [0.15, 0.2) is 34.2 Å². The number of benzene rings is 1. The van der Waals surface area contributed by atoms with Gasteiger partial charge in [0, 0.05) is 32.9 Å². The van der Waals surface area contributed by atoms with Crippen molar-refractivity contribution in [1.29, 1.82) is 0 Å². The molecule has 1 aromatic carbocycles. The van der Waals surface area contributed by atoms with Crippen LogP contribution in [-0.4, -0.2) is 65.8 Å². The van der Waals surface area contributed by atoms with E-state index in [1.165, 1.54) is 19.1 Å². The van der Waals surface area contributed by atoms with Crippen molar-refractivity contribution in [3.05, 3.63) is 29.8 Å². The Morgan fingerprint density at radius 2 is 1.73 bits per heavy atom. The summed E-state index contributed by atoms with van der Waals surface area (Å²) in [5.74, 6) is 0.789. The van der Waals surface area contributed by atoms with Crippen LogP contribution in [0, 0.1) is 0 Å². The molecule has 0 aliphatic carbocycles. The predicted molar refractivity (Wildman–Crippen MR) is 120 cm³/mol. The van der Waals surface area contributed by atoms with Crippen LogP contribution in [0.3, 0.4) is 0 Å². The molecular weight excluding hydrogens is 463 g/mol. The van der Waals surface area contributed by atoms with Crippen LogP contribution in [0.5, 0.6) is 0 Å². The number of nitrogens with one attached hydrogen (secondary N) is 2. The number of halogens is 1. The Kier molecular flexibility index (Phi) is 12.9. The number of rotatable bonds is 10. The first-order valence-corrected chi connectivity index (χ1v) is 10.7. The first-order chi connectivity index (χ1) is 11.9. The third-order valence-electron chi connectivity index (χ3n) is 3.96. The molecule has 0 saturated carbocycles. The molecular formula is C18H33IN4O2S. The van der Waals surface area contributed by atoms with Gasteiger partial charge < -0.3 is 15.5 Å². The summed E-state index contributed by atoms with van der Waals surface area (Å²) in [6.07, 6.45) is 4.47. The Morgan fingerprint density at radius 3 is 2.27 bits per heavy atom. The summed E-state index contributed by atoms with van der Waals surface area (Å²) in [5.41, 5.74) is 1.09. The number of hydrogen-bond acceptors (Lipinski definition) is 4. The monoisotopic (exact) mass is 496 g/mol. The molecule has 0 heterocycles. The summed E-state index contributed by atoms with van der Waals surface area (Å²) < 4.78 is 22.9. The highest BCUT2D eigenvalue weighted by Gasteiger charge is 2.06. The Morgan fingerprint density at radius 1 is 1.12 bits per heavy atom. The van der Waals surface area contributed by atoms with Crippen molar-refractivity contribution in [2.45, 2.75) is 31.1 Å². The van der Waals surface area contributed by atoms with Crippen molar-refractivity contribution in [3.63, 3.8) is 0 Å². The van der Waals surface area contributed by atoms with Gasteiger partial charge in [-0.3, -0.25) is 4.99 Å². The van der Waals surface area contributed by atoms with Crippen molar-refractivity contribution in [1.82, 2.24) is 15.5 Å². The summed E-state index contributed by atoms with van der Waals surface area (Å²) in [5, 5.41) is 6.59. The average Bonchev–Trinajstić information content (AvgIpc) is 2.58. The van der Waals surface area contributed by atoms with Crippen molar-refractivity contribution < 1.29 is 8.42 Å². The Balaban J connectivity index is 0.00000625. The second-order valence-corrected chi connectivity index (χ2v) is 8.26. The van der Waals surface area contributed by atoms with E-state index in [9.17, 15) is 8.42 Å². The summed E-state index contributed by atoms with van der Waals surface area (Å²) in [6.45, 7) is 5.89. The fraction of sp³-hybridized carbons (Fsp3) is 0.611. The van der Waals surface area contributed by atoms with Gasteiger partial charge in [0.2, 0.25) is 0 Å². The molecule has 0 fully saturated rings. The first kappa shape index (κ1) is 25.1. The fourth-order valence-corrected chi connectivity index (χ4v) is 2.98. The SMILES string of the molecule is CCCCN(C)CCNC(=NC)NCCc1ccc(S(C)(=O)=O)cc1.I. The molecule has 0 aliphatic rings. The molecule has 0 spiro atoms. The number of sulfone groups is 1. The van der Waals surface area contributed by atoms with Crippen molar-refractivity contribution in [2.24, 2.45) is 4.99 Å². The molecule has 8 heteroatoms. The van der Waals surface area contributed by atoms with E-state index in [0.29, 0.717) is 4.90 Å². The normalized spacial score (nSPS) is 12.0. The van der Waals surface area contributed by atoms with Gasteiger partial charge >= 0.3 is 0 Å². The number of aliphatic imine (C=N–C) groups is 1. The lowest BCUT2D eigenvalue weighted by molar-refractivity contribution is 0.332. The lowest BCUT2D eigenvalue weighted by Gasteiger charge is -2.18. The van der Waals surface area contributed by atoms with Gasteiger partial charge in [0.25, 0.3) is 0 Å². The van der Waals surface area contributed by atoms with E-state index in [0.717, 1.165) is 44.1 Å². The lowest BCUT2D eigenvalue weighted by atomic mass is 10.1. The van der Waals surface area contributed by atoms with E-state index in [1.807, 2.05) is 12.1 Å². The van der Waals surface area contributed by atoms with Crippen molar-refractivity contribution in [3.8, 4) is 0 Å². The Labute approximate surface area is 175 Å². The van der Waals surface area contributed by atoms with Crippen molar-refractivity contribution >= 4 is 39.8 Å². The molecule has 0 atom stereocenters. The molecule has 0 amide bonds. The topological polar surface area (TPSA) is 73.8 Å². The van der Waals surface area contributed by atoms with Gasteiger partial charge in [-0.15, -0.1) is 24.0 Å². The third kappa shape index (κ3) is 10.3. The van der Waals surface area contributed by atoms with Gasteiger partial charge in [0.15, 0.2) is 15.8 Å². The third-order valence-corrected chi connectivity index (χ3v) is 5.09. The molecule has 150 valence electrons. The van der Waals surface area contributed by atoms with Crippen LogP contribution in [0.25, 0.3) is 0 Å². The average molecular weight is 496 g/mol. The maximum Gasteiger partial charge on any atom is 0.191 e. The summed E-state index contributed by atoms with van der Waals surface area (Å²) in [7, 11) is 0.764. The Bertz CT molecular complexity index is 633. The van der Waals surface area contributed by atoms with Gasteiger partial charge in [-0.05, 0) is 44.1 Å². The van der Waals surface area contributed by atoms with Crippen LogP contribution < -0.4 is 10.6 Å². The van der Waals surface area contributed by atoms with E-state index in [4.69, 9.17) is 0 Å². The van der Waals surface area contributed by atoms with Crippen LogP contribution in [0.1, 0.15) is 25.3 Å². The predicted octanol–water partition coefficient (Wildman–Crippen LogP) is 2.15. The fourth-order valence-electron chi connectivity index (χ4n) is 2.35. The minimum Gasteiger partial charge on any atom is -0.356 e. The van der Waals surface area contributed by atoms with Crippen LogP contribution in [0.4, 0.5) is 0 Å². The number of unbranched alkanes of at least 4 members (excludes halogenated alkanes) is 1. The highest BCUT2D eigenvalue weighted by atomic mass is 127. The van der Waals surface area contributed by atoms with Crippen LogP contribution >= 0.6 is 24.0 Å². The quantitative estimate of drug-likeness (QED) is 0.295. The second kappa shape index (κ2) is 13.3. The van der Waals surface area contributed by atoms with Gasteiger partial charge in [0.05, 0.1) is 4.90 Å². The molecule has 1 aromatic rings. The minimum atomic E-state index is -3.13. The molecule has 2 N–H and O–H groups in total. The number of hydrogen-bond donors (Lipinski definition) is 2. The molecule has 0 aliphatic heterocycles. The van der Waals surface area contributed by atoms with Crippen molar-refractivity contribution in [2.75, 3.05) is 46.5 Å². The highest BCUT2D eigenvalue weighted by molar-refractivity contribution is 14.0. The van der Waals surface area contributed by atoms with Gasteiger partial charge in [-0.1, -0.05) is 25.5 Å². The van der Waals surface area contributed by atoms with E-state index < -0.39 is 9.84 Å². The van der Waals surface area contributed by atoms with Crippen LogP contribution in [-0.2, 0) is 16.3 Å². The van der Waals surface area contributed by atoms with Gasteiger partial charge in [-0.2, -0.15) is 0 Å². The minimum absolute atomic E-state index is 0. The van der Waals surface area contributed by atoms with E-state index in [-0.39, 0.29) is 24.0 Å². The van der Waals surface area contributed by atoms with E-state index in [1.54, 1.807) is 19.2 Å². The first-order valence-electron chi connectivity index (χ1n) is 8.79. The molecule has 26 heavy (non-hydrogen) atoms. The number of nitrogens with zero attached hydrogens (tertiary/aromatic N) is 2. The highest BCUT2D eigenvalue weighted by Crippen LogP contribution is 2.10. The summed E-state index contributed by atoms with van der Waals surface area (Å²) in [4.78, 5) is 6.89. The molecule has 0 aromatic heterocycles. The zero-order valence-corrected chi connectivity index (χ0v) is 19.4. The number of likely N-dealkylation sites (N-methyl/N-ethyl adjacent to an activating group) is 1. The zero-order valence-electron chi connectivity index (χ0n) is 16.3. The second-order valence-electron chi connectivity index (χ2n) is 6.25. The van der Waals surface area contributed by atoms with E-state index >= 15 is 0 Å². The maximum atomic E-state index is 11.5. The van der Waals surface area contributed by atoms with Gasteiger partial charge in [0.1, 0.15) is 0 Å². The van der Waals surface area contributed by atoms with Crippen LogP contribution in [0.2, 0.25) is 0 Å². The maximum absolute atomic E-state index is 11.5. The summed E-state index contributed by atoms with van der Waals surface area (Å²) in [6, 6.07) is 7.03. The largest absolute Gasteiger partial charge is 0.356 e. The number of guanidine groups is 1. The standard InChI is InChI=1S/C18H32N4O2S.HI/c1-5-6-14-22(3)15-13-21-18(19-2)20-12-11-16-7-9-17(10-8-16)25(4,23)24;/h7-10H,5-6,11-15H2,1-4H3,(H2,19,20,21);1H. The molecule has 0 unspecified atom stereocenters. The molecule has 0 bridgehead atoms. The molecule has 6 nitrogen and oxygen atoms in total. The van der Waals surface area contributed by atoms with Gasteiger partial charge in [-0.25, -0.2) is 8.42 Å².